The van der Waals surface area contributed by atoms with Crippen LogP contribution in [0.25, 0.3) is 0 Å². The van der Waals surface area contributed by atoms with Crippen LogP contribution in [0.2, 0.25) is 0 Å². The van der Waals surface area contributed by atoms with Crippen LogP contribution in [-0.4, -0.2) is 31.4 Å². The molecule has 1 aromatic rings. The van der Waals surface area contributed by atoms with Gasteiger partial charge >= 0.3 is 0 Å². The van der Waals surface area contributed by atoms with Crippen LogP contribution in [0.15, 0.2) is 18.2 Å². The van der Waals surface area contributed by atoms with E-state index in [0.717, 1.165) is 37.2 Å². The molecule has 2 rings (SSSR count). The Morgan fingerprint density at radius 1 is 1.56 bits per heavy atom. The van der Waals surface area contributed by atoms with E-state index in [1.54, 1.807) is 13.2 Å². The Kier molecular flexibility index (Phi) is 4.19. The molecule has 1 heterocycles. The molecule has 1 unspecified atom stereocenters. The Bertz CT molecular complexity index is 454. The smallest absolute Gasteiger partial charge is 0.101 e. The molecular formula is C14H18N2O2. The fraction of sp³-hybridized carbons (Fsp3) is 0.500. The minimum Gasteiger partial charge on any atom is -0.392 e. The van der Waals surface area contributed by atoms with Gasteiger partial charge in [-0.25, -0.2) is 0 Å². The number of piperidine rings is 1. The molecule has 1 atom stereocenters. The lowest BCUT2D eigenvalue weighted by molar-refractivity contribution is 0.0893. The van der Waals surface area contributed by atoms with Crippen molar-refractivity contribution in [2.75, 3.05) is 25.1 Å². The van der Waals surface area contributed by atoms with Gasteiger partial charge in [0, 0.05) is 20.2 Å². The second-order valence-corrected chi connectivity index (χ2v) is 4.57. The minimum atomic E-state index is -0.0321. The first-order valence-corrected chi connectivity index (χ1v) is 6.20. The number of anilines is 1. The zero-order valence-electron chi connectivity index (χ0n) is 10.6. The largest absolute Gasteiger partial charge is 0.392 e. The van der Waals surface area contributed by atoms with Crippen LogP contribution in [0, 0.1) is 11.3 Å². The number of nitriles is 1. The predicted octanol–water partition coefficient (Wildman–Crippen LogP) is 1.67. The van der Waals surface area contributed by atoms with E-state index in [1.807, 2.05) is 12.1 Å². The third-order valence-electron chi connectivity index (χ3n) is 3.42. The maximum atomic E-state index is 9.20. The van der Waals surface area contributed by atoms with Gasteiger partial charge in [0.05, 0.1) is 24.0 Å². The van der Waals surface area contributed by atoms with Crippen molar-refractivity contribution in [3.8, 4) is 6.07 Å². The standard InChI is InChI=1S/C14H18N2O2/c1-18-13-3-2-6-16(9-13)14-5-4-11(10-17)7-12(14)8-15/h4-5,7,13,17H,2-3,6,9-10H2,1H3. The lowest BCUT2D eigenvalue weighted by atomic mass is 10.0. The molecule has 1 aliphatic rings. The summed E-state index contributed by atoms with van der Waals surface area (Å²) >= 11 is 0. The predicted molar refractivity (Wildman–Crippen MR) is 69.3 cm³/mol. The molecule has 4 heteroatoms. The van der Waals surface area contributed by atoms with Crippen LogP contribution in [0.3, 0.4) is 0 Å². The molecule has 96 valence electrons. The van der Waals surface area contributed by atoms with E-state index in [2.05, 4.69) is 11.0 Å². The summed E-state index contributed by atoms with van der Waals surface area (Å²) in [5.74, 6) is 0. The van der Waals surface area contributed by atoms with Crippen LogP contribution < -0.4 is 4.90 Å². The lowest BCUT2D eigenvalue weighted by Crippen LogP contribution is -2.39. The SMILES string of the molecule is COC1CCCN(c2ccc(CO)cc2C#N)C1. The molecular weight excluding hydrogens is 228 g/mol. The van der Waals surface area contributed by atoms with Crippen molar-refractivity contribution < 1.29 is 9.84 Å². The van der Waals surface area contributed by atoms with Gasteiger partial charge in [-0.2, -0.15) is 5.26 Å². The second-order valence-electron chi connectivity index (χ2n) is 4.57. The van der Waals surface area contributed by atoms with E-state index >= 15 is 0 Å². The third kappa shape index (κ3) is 2.63. The molecule has 18 heavy (non-hydrogen) atoms. The fourth-order valence-corrected chi connectivity index (χ4v) is 2.40. The summed E-state index contributed by atoms with van der Waals surface area (Å²) in [6.07, 6.45) is 2.39. The van der Waals surface area contributed by atoms with Crippen molar-refractivity contribution >= 4 is 5.69 Å². The Hall–Kier alpha value is -1.57. The normalized spacial score (nSPS) is 19.6. The molecule has 0 amide bonds. The first-order valence-electron chi connectivity index (χ1n) is 6.20. The van der Waals surface area contributed by atoms with Gasteiger partial charge in [-0.05, 0) is 30.5 Å². The number of hydrogen-bond acceptors (Lipinski definition) is 4. The summed E-state index contributed by atoms with van der Waals surface area (Å²) in [5.41, 5.74) is 2.34. The zero-order valence-corrected chi connectivity index (χ0v) is 10.6. The van der Waals surface area contributed by atoms with Crippen molar-refractivity contribution in [2.45, 2.75) is 25.6 Å². The molecule has 1 aliphatic heterocycles. The van der Waals surface area contributed by atoms with Gasteiger partial charge in [0.25, 0.3) is 0 Å². The van der Waals surface area contributed by atoms with Crippen molar-refractivity contribution in [2.24, 2.45) is 0 Å². The summed E-state index contributed by atoms with van der Waals surface area (Å²) in [4.78, 5) is 2.19. The van der Waals surface area contributed by atoms with Gasteiger partial charge < -0.3 is 14.7 Å². The Labute approximate surface area is 107 Å². The highest BCUT2D eigenvalue weighted by Gasteiger charge is 2.21. The highest BCUT2D eigenvalue weighted by molar-refractivity contribution is 5.60. The zero-order chi connectivity index (χ0) is 13.0. The number of aliphatic hydroxyl groups excluding tert-OH is 1. The number of rotatable bonds is 3. The molecule has 0 spiro atoms. The Morgan fingerprint density at radius 2 is 2.39 bits per heavy atom. The van der Waals surface area contributed by atoms with Gasteiger partial charge in [0.1, 0.15) is 6.07 Å². The van der Waals surface area contributed by atoms with E-state index in [1.165, 1.54) is 0 Å². The Morgan fingerprint density at radius 3 is 3.06 bits per heavy atom. The van der Waals surface area contributed by atoms with E-state index in [0.29, 0.717) is 5.56 Å². The van der Waals surface area contributed by atoms with E-state index in [4.69, 9.17) is 9.84 Å². The summed E-state index contributed by atoms with van der Waals surface area (Å²) in [5, 5.41) is 18.3. The number of methoxy groups -OCH3 is 1. The van der Waals surface area contributed by atoms with Gasteiger partial charge in [0.2, 0.25) is 0 Å². The van der Waals surface area contributed by atoms with E-state index in [9.17, 15) is 5.26 Å². The van der Waals surface area contributed by atoms with Gasteiger partial charge in [-0.3, -0.25) is 0 Å². The average Bonchev–Trinajstić information content (AvgIpc) is 2.46. The van der Waals surface area contributed by atoms with Crippen molar-refractivity contribution in [1.82, 2.24) is 0 Å². The first-order chi connectivity index (χ1) is 8.78. The van der Waals surface area contributed by atoms with Gasteiger partial charge in [-0.15, -0.1) is 0 Å². The van der Waals surface area contributed by atoms with E-state index in [-0.39, 0.29) is 12.7 Å². The highest BCUT2D eigenvalue weighted by Crippen LogP contribution is 2.25. The molecule has 0 aliphatic carbocycles. The average molecular weight is 246 g/mol. The molecule has 1 fully saturated rings. The second kappa shape index (κ2) is 5.85. The molecule has 1 aromatic carbocycles. The number of ether oxygens (including phenoxy) is 1. The summed E-state index contributed by atoms with van der Waals surface area (Å²) < 4.78 is 5.40. The maximum Gasteiger partial charge on any atom is 0.101 e. The summed E-state index contributed by atoms with van der Waals surface area (Å²) in [6, 6.07) is 7.75. The molecule has 0 radical (unpaired) electrons. The molecule has 0 saturated carbocycles. The van der Waals surface area contributed by atoms with Crippen molar-refractivity contribution in [3.05, 3.63) is 29.3 Å². The number of benzene rings is 1. The monoisotopic (exact) mass is 246 g/mol. The maximum absolute atomic E-state index is 9.20. The highest BCUT2D eigenvalue weighted by atomic mass is 16.5. The van der Waals surface area contributed by atoms with Gasteiger partial charge in [-0.1, -0.05) is 6.07 Å². The van der Waals surface area contributed by atoms with Crippen molar-refractivity contribution in [3.63, 3.8) is 0 Å². The number of aliphatic hydroxyl groups is 1. The number of hydrogen-bond donors (Lipinski definition) is 1. The van der Waals surface area contributed by atoms with E-state index < -0.39 is 0 Å². The quantitative estimate of drug-likeness (QED) is 0.881. The van der Waals surface area contributed by atoms with Crippen LogP contribution in [0.1, 0.15) is 24.0 Å². The van der Waals surface area contributed by atoms with Gasteiger partial charge in [0.15, 0.2) is 0 Å². The molecule has 0 bridgehead atoms. The summed E-state index contributed by atoms with van der Waals surface area (Å²) in [6.45, 7) is 1.74. The summed E-state index contributed by atoms with van der Waals surface area (Å²) in [7, 11) is 1.73. The molecule has 4 nitrogen and oxygen atoms in total. The molecule has 1 N–H and O–H groups in total. The van der Waals surface area contributed by atoms with Crippen LogP contribution in [0.5, 0.6) is 0 Å². The topological polar surface area (TPSA) is 56.5 Å². The molecule has 0 aromatic heterocycles. The Balaban J connectivity index is 2.24. The number of nitrogens with zero attached hydrogens (tertiary/aromatic N) is 2. The minimum absolute atomic E-state index is 0.0321. The van der Waals surface area contributed by atoms with Crippen LogP contribution >= 0.6 is 0 Å². The lowest BCUT2D eigenvalue weighted by Gasteiger charge is -2.34. The van der Waals surface area contributed by atoms with Crippen molar-refractivity contribution in [1.29, 1.82) is 5.26 Å². The third-order valence-corrected chi connectivity index (χ3v) is 3.42. The fourth-order valence-electron chi connectivity index (χ4n) is 2.40. The van der Waals surface area contributed by atoms with Crippen LogP contribution in [0.4, 0.5) is 5.69 Å². The first kappa shape index (κ1) is 12.9. The van der Waals surface area contributed by atoms with Crippen LogP contribution in [-0.2, 0) is 11.3 Å². The molecule has 1 saturated heterocycles.